The van der Waals surface area contributed by atoms with Gasteiger partial charge in [-0.3, -0.25) is 4.79 Å². The smallest absolute Gasteiger partial charge is 0.263 e. The minimum Gasteiger partial charge on any atom is -0.494 e. The summed E-state index contributed by atoms with van der Waals surface area (Å²) in [5.74, 6) is 0.679. The van der Waals surface area contributed by atoms with Crippen molar-refractivity contribution >= 4 is 17.2 Å². The van der Waals surface area contributed by atoms with Gasteiger partial charge in [0.05, 0.1) is 18.4 Å². The number of nitrogens with one attached hydrogen (secondary N) is 1. The third kappa shape index (κ3) is 4.77. The van der Waals surface area contributed by atoms with Crippen LogP contribution in [-0.4, -0.2) is 35.3 Å². The van der Waals surface area contributed by atoms with Crippen molar-refractivity contribution in [2.45, 2.75) is 33.3 Å². The van der Waals surface area contributed by atoms with Gasteiger partial charge in [-0.15, -0.1) is 11.3 Å². The summed E-state index contributed by atoms with van der Waals surface area (Å²) in [4.78, 5) is 17.3. The van der Waals surface area contributed by atoms with Crippen LogP contribution < -0.4 is 10.1 Å². The van der Waals surface area contributed by atoms with Gasteiger partial charge in [0, 0.05) is 12.1 Å². The highest BCUT2D eigenvalue weighted by molar-refractivity contribution is 7.17. The molecule has 1 unspecified atom stereocenters. The Morgan fingerprint density at radius 2 is 2.09 bits per heavy atom. The highest BCUT2D eigenvalue weighted by Gasteiger charge is 2.16. The number of carbonyl (C=O) groups excluding carboxylic acids is 1. The number of hydrogen-bond acceptors (Lipinski definition) is 5. The number of ether oxygens (including phenoxy) is 1. The van der Waals surface area contributed by atoms with E-state index in [9.17, 15) is 9.90 Å². The van der Waals surface area contributed by atoms with E-state index >= 15 is 0 Å². The first-order valence-electron chi connectivity index (χ1n) is 7.68. The van der Waals surface area contributed by atoms with Crippen molar-refractivity contribution in [2.75, 3.05) is 13.2 Å². The first-order chi connectivity index (χ1) is 11.0. The van der Waals surface area contributed by atoms with E-state index in [0.29, 0.717) is 30.1 Å². The predicted molar refractivity (Wildman–Crippen MR) is 92.1 cm³/mol. The molecule has 2 aromatic rings. The van der Waals surface area contributed by atoms with E-state index in [4.69, 9.17) is 4.74 Å². The van der Waals surface area contributed by atoms with Crippen LogP contribution in [0.3, 0.4) is 0 Å². The maximum Gasteiger partial charge on any atom is 0.263 e. The molecule has 124 valence electrons. The maximum absolute atomic E-state index is 12.2. The summed E-state index contributed by atoms with van der Waals surface area (Å²) in [6.07, 6.45) is 0.118. The molecule has 1 heterocycles. The average molecular weight is 334 g/mol. The lowest BCUT2D eigenvalue weighted by atomic mass is 10.2. The molecule has 2 rings (SSSR count). The number of rotatable bonds is 7. The van der Waals surface area contributed by atoms with Crippen LogP contribution >= 0.6 is 11.3 Å². The molecule has 0 bridgehead atoms. The van der Waals surface area contributed by atoms with E-state index < -0.39 is 6.10 Å². The monoisotopic (exact) mass is 334 g/mol. The van der Waals surface area contributed by atoms with Crippen LogP contribution in [0.4, 0.5) is 0 Å². The molecule has 1 aromatic heterocycles. The van der Waals surface area contributed by atoms with Crippen LogP contribution in [0.1, 0.15) is 35.6 Å². The molecule has 0 radical (unpaired) electrons. The Morgan fingerprint density at radius 1 is 1.39 bits per heavy atom. The number of nitrogens with zero attached hydrogens (tertiary/aromatic N) is 1. The number of aliphatic hydroxyl groups is 1. The Labute approximate surface area is 140 Å². The van der Waals surface area contributed by atoms with Crippen molar-refractivity contribution < 1.29 is 14.6 Å². The molecule has 1 amide bonds. The Bertz CT molecular complexity index is 650. The highest BCUT2D eigenvalue weighted by atomic mass is 32.1. The lowest BCUT2D eigenvalue weighted by Gasteiger charge is -2.05. The molecule has 0 saturated heterocycles. The van der Waals surface area contributed by atoms with Crippen LogP contribution in [0.2, 0.25) is 0 Å². The van der Waals surface area contributed by atoms with Gasteiger partial charge in [-0.2, -0.15) is 0 Å². The molecule has 6 heteroatoms. The number of aliphatic hydroxyl groups excluding tert-OH is 1. The molecule has 1 aromatic carbocycles. The number of hydrogen-bond donors (Lipinski definition) is 2. The van der Waals surface area contributed by atoms with Crippen molar-refractivity contribution in [3.05, 3.63) is 34.8 Å². The molecule has 1 atom stereocenters. The second-order valence-corrected chi connectivity index (χ2v) is 6.28. The Hall–Kier alpha value is -1.92. The van der Waals surface area contributed by atoms with Crippen LogP contribution in [0.5, 0.6) is 5.75 Å². The summed E-state index contributed by atoms with van der Waals surface area (Å²) in [5.41, 5.74) is 1.68. The highest BCUT2D eigenvalue weighted by Crippen LogP contribution is 2.29. The molecular formula is C17H22N2O3S. The normalized spacial score (nSPS) is 12.0. The molecule has 2 N–H and O–H groups in total. The Balaban J connectivity index is 2.09. The SMILES string of the molecule is CCOc1ccc(-c2nc(C)c(C(=O)NCCC(C)O)s2)cc1. The minimum atomic E-state index is -0.419. The largest absolute Gasteiger partial charge is 0.494 e. The van der Waals surface area contributed by atoms with E-state index in [0.717, 1.165) is 16.3 Å². The molecular weight excluding hydrogens is 312 g/mol. The summed E-state index contributed by atoms with van der Waals surface area (Å²) in [6, 6.07) is 7.69. The summed E-state index contributed by atoms with van der Waals surface area (Å²) in [6.45, 7) is 6.56. The molecule has 0 aliphatic carbocycles. The molecule has 0 aliphatic rings. The van der Waals surface area contributed by atoms with Crippen molar-refractivity contribution in [3.63, 3.8) is 0 Å². The zero-order chi connectivity index (χ0) is 16.8. The van der Waals surface area contributed by atoms with Crippen LogP contribution in [-0.2, 0) is 0 Å². The molecule has 5 nitrogen and oxygen atoms in total. The fourth-order valence-electron chi connectivity index (χ4n) is 2.07. The quantitative estimate of drug-likeness (QED) is 0.816. The number of amides is 1. The van der Waals surface area contributed by atoms with Gasteiger partial charge in [0.15, 0.2) is 0 Å². The molecule has 0 spiro atoms. The average Bonchev–Trinajstić information content (AvgIpc) is 2.90. The van der Waals surface area contributed by atoms with Gasteiger partial charge in [0.25, 0.3) is 5.91 Å². The lowest BCUT2D eigenvalue weighted by molar-refractivity contribution is 0.0949. The number of aryl methyl sites for hydroxylation is 1. The van der Waals surface area contributed by atoms with Gasteiger partial charge in [0.2, 0.25) is 0 Å². The number of benzene rings is 1. The molecule has 0 aliphatic heterocycles. The Morgan fingerprint density at radius 3 is 2.70 bits per heavy atom. The van der Waals surface area contributed by atoms with Gasteiger partial charge in [-0.25, -0.2) is 4.98 Å². The van der Waals surface area contributed by atoms with Crippen LogP contribution in [0.25, 0.3) is 10.6 Å². The van der Waals surface area contributed by atoms with Crippen LogP contribution in [0.15, 0.2) is 24.3 Å². The third-order valence-corrected chi connectivity index (χ3v) is 4.47. The third-order valence-electron chi connectivity index (χ3n) is 3.26. The maximum atomic E-state index is 12.2. The lowest BCUT2D eigenvalue weighted by Crippen LogP contribution is -2.26. The zero-order valence-corrected chi connectivity index (χ0v) is 14.4. The Kier molecular flexibility index (Phi) is 6.12. The van der Waals surface area contributed by atoms with Crippen molar-refractivity contribution in [2.24, 2.45) is 0 Å². The summed E-state index contributed by atoms with van der Waals surface area (Å²) < 4.78 is 5.43. The molecule has 23 heavy (non-hydrogen) atoms. The van der Waals surface area contributed by atoms with Gasteiger partial charge in [-0.1, -0.05) is 0 Å². The first-order valence-corrected chi connectivity index (χ1v) is 8.49. The van der Waals surface area contributed by atoms with E-state index in [1.165, 1.54) is 11.3 Å². The van der Waals surface area contributed by atoms with Gasteiger partial charge in [0.1, 0.15) is 15.6 Å². The summed E-state index contributed by atoms with van der Waals surface area (Å²) >= 11 is 1.37. The standard InChI is InChI=1S/C17H22N2O3S/c1-4-22-14-7-5-13(6-8-14)17-19-12(3)15(23-17)16(21)18-10-9-11(2)20/h5-8,11,20H,4,9-10H2,1-3H3,(H,18,21). The van der Waals surface area contributed by atoms with Crippen molar-refractivity contribution in [1.82, 2.24) is 10.3 Å². The first kappa shape index (κ1) is 17.4. The predicted octanol–water partition coefficient (Wildman–Crippen LogP) is 3.02. The zero-order valence-electron chi connectivity index (χ0n) is 13.6. The van der Waals surface area contributed by atoms with Gasteiger partial charge >= 0.3 is 0 Å². The van der Waals surface area contributed by atoms with E-state index in [1.807, 2.05) is 38.1 Å². The summed E-state index contributed by atoms with van der Waals surface area (Å²) in [5, 5.41) is 12.9. The van der Waals surface area contributed by atoms with Gasteiger partial charge < -0.3 is 15.2 Å². The molecule has 0 fully saturated rings. The minimum absolute atomic E-state index is 0.141. The second-order valence-electron chi connectivity index (χ2n) is 5.28. The molecule has 0 saturated carbocycles. The van der Waals surface area contributed by atoms with E-state index in [1.54, 1.807) is 6.92 Å². The van der Waals surface area contributed by atoms with E-state index in [-0.39, 0.29) is 5.91 Å². The van der Waals surface area contributed by atoms with E-state index in [2.05, 4.69) is 10.3 Å². The fraction of sp³-hybridized carbons (Fsp3) is 0.412. The van der Waals surface area contributed by atoms with Crippen molar-refractivity contribution in [3.8, 4) is 16.3 Å². The van der Waals surface area contributed by atoms with Crippen molar-refractivity contribution in [1.29, 1.82) is 0 Å². The number of aromatic nitrogens is 1. The number of carbonyl (C=O) groups is 1. The summed E-state index contributed by atoms with van der Waals surface area (Å²) in [7, 11) is 0. The second kappa shape index (κ2) is 8.08. The van der Waals surface area contributed by atoms with Crippen LogP contribution in [0, 0.1) is 6.92 Å². The van der Waals surface area contributed by atoms with Gasteiger partial charge in [-0.05, 0) is 51.5 Å². The number of thiazole rings is 1. The topological polar surface area (TPSA) is 71.5 Å². The fourth-order valence-corrected chi connectivity index (χ4v) is 3.05.